The van der Waals surface area contributed by atoms with Crippen LogP contribution >= 0.6 is 0 Å². The van der Waals surface area contributed by atoms with Crippen molar-refractivity contribution >= 4 is 11.9 Å². The molecule has 0 atom stereocenters. The Morgan fingerprint density at radius 3 is 2.91 bits per heavy atom. The van der Waals surface area contributed by atoms with Crippen molar-refractivity contribution in [2.75, 3.05) is 6.61 Å². The zero-order valence-electron chi connectivity index (χ0n) is 11.4. The second-order valence-electron chi connectivity index (χ2n) is 4.60. The van der Waals surface area contributed by atoms with Crippen LogP contribution in [-0.4, -0.2) is 17.5 Å². The van der Waals surface area contributed by atoms with Gasteiger partial charge in [0.25, 0.3) is 0 Å². The van der Waals surface area contributed by atoms with Gasteiger partial charge < -0.3 is 14.6 Å². The number of Topliss-reactive ketones (excluding diaryl/α,β-unsaturated/α-hetero) is 1. The van der Waals surface area contributed by atoms with Crippen molar-refractivity contribution in [2.45, 2.75) is 0 Å². The maximum atomic E-state index is 12.3. The molecule has 0 unspecified atom stereocenters. The van der Waals surface area contributed by atoms with Gasteiger partial charge >= 0.3 is 0 Å². The number of rotatable bonds is 3. The number of benzene rings is 2. The quantitative estimate of drug-likeness (QED) is 0.880. The summed E-state index contributed by atoms with van der Waals surface area (Å²) >= 11 is 0. The number of hydrogen-bond acceptors (Lipinski definition) is 5. The highest BCUT2D eigenvalue weighted by atomic mass is 16.5. The fourth-order valence-electron chi connectivity index (χ4n) is 2.16. The van der Waals surface area contributed by atoms with Gasteiger partial charge in [-0.2, -0.15) is 5.26 Å². The number of allylic oxidation sites excluding steroid dienone is 1. The van der Waals surface area contributed by atoms with Crippen LogP contribution in [0.3, 0.4) is 0 Å². The third-order valence-electron chi connectivity index (χ3n) is 3.15. The highest BCUT2D eigenvalue weighted by molar-refractivity contribution is 6.14. The molecule has 0 saturated carbocycles. The monoisotopic (exact) mass is 293 g/mol. The fraction of sp³-hybridized carbons (Fsp3) is 0.0588. The third-order valence-corrected chi connectivity index (χ3v) is 3.15. The molecule has 108 valence electrons. The minimum absolute atomic E-state index is 0.0329. The van der Waals surface area contributed by atoms with Gasteiger partial charge in [-0.05, 0) is 24.3 Å². The van der Waals surface area contributed by atoms with E-state index in [1.54, 1.807) is 30.3 Å². The molecule has 1 aliphatic rings. The van der Waals surface area contributed by atoms with Gasteiger partial charge in [0.05, 0.1) is 5.56 Å². The first-order chi connectivity index (χ1) is 10.7. The van der Waals surface area contributed by atoms with Gasteiger partial charge in [-0.3, -0.25) is 4.79 Å². The number of aromatic hydroxyl groups is 1. The van der Waals surface area contributed by atoms with Crippen molar-refractivity contribution < 1.29 is 19.4 Å². The van der Waals surface area contributed by atoms with Crippen molar-refractivity contribution in [2.24, 2.45) is 0 Å². The normalized spacial score (nSPS) is 14.3. The topological polar surface area (TPSA) is 79.6 Å². The summed E-state index contributed by atoms with van der Waals surface area (Å²) in [5.41, 5.74) is 1.04. The molecule has 5 nitrogen and oxygen atoms in total. The Balaban J connectivity index is 1.95. The van der Waals surface area contributed by atoms with Crippen LogP contribution in [0.2, 0.25) is 0 Å². The lowest BCUT2D eigenvalue weighted by molar-refractivity contribution is 0.101. The maximum absolute atomic E-state index is 12.3. The van der Waals surface area contributed by atoms with Crippen LogP contribution < -0.4 is 9.47 Å². The zero-order valence-corrected chi connectivity index (χ0v) is 11.4. The van der Waals surface area contributed by atoms with Crippen LogP contribution in [0, 0.1) is 11.3 Å². The molecule has 0 radical (unpaired) electrons. The van der Waals surface area contributed by atoms with E-state index < -0.39 is 0 Å². The lowest BCUT2D eigenvalue weighted by Crippen LogP contribution is -2.00. The average Bonchev–Trinajstić information content (AvgIpc) is 2.82. The second-order valence-corrected chi connectivity index (χ2v) is 4.60. The SMILES string of the molecule is N#CCOc1ccccc1C=C1Oc2cc(O)ccc2C1=O. The smallest absolute Gasteiger partial charge is 0.231 e. The summed E-state index contributed by atoms with van der Waals surface area (Å²) in [6.45, 7) is -0.0803. The van der Waals surface area contributed by atoms with E-state index in [1.165, 1.54) is 18.2 Å². The molecule has 0 aliphatic carbocycles. The van der Waals surface area contributed by atoms with E-state index in [2.05, 4.69) is 0 Å². The summed E-state index contributed by atoms with van der Waals surface area (Å²) in [4.78, 5) is 12.3. The van der Waals surface area contributed by atoms with Gasteiger partial charge in [-0.15, -0.1) is 0 Å². The van der Waals surface area contributed by atoms with Gasteiger partial charge in [-0.1, -0.05) is 18.2 Å². The summed E-state index contributed by atoms with van der Waals surface area (Å²) in [6, 6.07) is 13.3. The number of carbonyl (C=O) groups is 1. The summed E-state index contributed by atoms with van der Waals surface area (Å²) in [5.74, 6) is 0.739. The second kappa shape index (κ2) is 5.62. The minimum atomic E-state index is -0.259. The molecular formula is C17H11NO4. The molecule has 2 aromatic carbocycles. The van der Waals surface area contributed by atoms with E-state index in [0.29, 0.717) is 22.6 Å². The molecule has 5 heteroatoms. The maximum Gasteiger partial charge on any atom is 0.231 e. The number of fused-ring (bicyclic) bond motifs is 1. The van der Waals surface area contributed by atoms with Crippen molar-refractivity contribution in [1.82, 2.24) is 0 Å². The number of para-hydroxylation sites is 1. The molecule has 1 heterocycles. The summed E-state index contributed by atoms with van der Waals surface area (Å²) in [7, 11) is 0. The Morgan fingerprint density at radius 1 is 1.27 bits per heavy atom. The van der Waals surface area contributed by atoms with Crippen molar-refractivity contribution in [1.29, 1.82) is 5.26 Å². The Kier molecular flexibility index (Phi) is 3.50. The third kappa shape index (κ3) is 2.50. The van der Waals surface area contributed by atoms with Crippen molar-refractivity contribution in [3.8, 4) is 23.3 Å². The highest BCUT2D eigenvalue weighted by Gasteiger charge is 2.27. The Labute approximate surface area is 126 Å². The predicted molar refractivity (Wildman–Crippen MR) is 78.6 cm³/mol. The largest absolute Gasteiger partial charge is 0.508 e. The molecule has 1 aliphatic heterocycles. The molecule has 0 spiro atoms. The van der Waals surface area contributed by atoms with Crippen LogP contribution in [-0.2, 0) is 0 Å². The first-order valence-corrected chi connectivity index (χ1v) is 6.55. The van der Waals surface area contributed by atoms with Crippen molar-refractivity contribution in [3.05, 3.63) is 59.4 Å². The Bertz CT molecular complexity index is 818. The Morgan fingerprint density at radius 2 is 2.09 bits per heavy atom. The number of carbonyl (C=O) groups excluding carboxylic acids is 1. The molecule has 0 fully saturated rings. The molecule has 0 amide bonds. The van der Waals surface area contributed by atoms with Crippen LogP contribution in [0.5, 0.6) is 17.2 Å². The number of ether oxygens (including phenoxy) is 2. The molecule has 22 heavy (non-hydrogen) atoms. The minimum Gasteiger partial charge on any atom is -0.508 e. The first-order valence-electron chi connectivity index (χ1n) is 6.55. The van der Waals surface area contributed by atoms with Crippen molar-refractivity contribution in [3.63, 3.8) is 0 Å². The molecule has 0 saturated heterocycles. The molecule has 1 N–H and O–H groups in total. The predicted octanol–water partition coefficient (Wildman–Crippen LogP) is 2.91. The fourth-order valence-corrected chi connectivity index (χ4v) is 2.16. The van der Waals surface area contributed by atoms with E-state index >= 15 is 0 Å². The Hall–Kier alpha value is -3.26. The molecule has 0 aromatic heterocycles. The highest BCUT2D eigenvalue weighted by Crippen LogP contribution is 2.35. The van der Waals surface area contributed by atoms with Gasteiger partial charge in [0.1, 0.15) is 23.3 Å². The van der Waals surface area contributed by atoms with E-state index in [1.807, 2.05) is 6.07 Å². The lowest BCUT2D eigenvalue weighted by Gasteiger charge is -2.06. The lowest BCUT2D eigenvalue weighted by atomic mass is 10.1. The number of phenols is 1. The van der Waals surface area contributed by atoms with Gasteiger partial charge in [0.2, 0.25) is 5.78 Å². The summed E-state index contributed by atoms with van der Waals surface area (Å²) in [5, 5.41) is 18.0. The van der Waals surface area contributed by atoms with Crippen LogP contribution in [0.15, 0.2) is 48.2 Å². The zero-order chi connectivity index (χ0) is 15.5. The molecule has 0 bridgehead atoms. The van der Waals surface area contributed by atoms with Crippen LogP contribution in [0.1, 0.15) is 15.9 Å². The summed E-state index contributed by atoms with van der Waals surface area (Å²) < 4.78 is 10.8. The van der Waals surface area contributed by atoms with Gasteiger partial charge in [0.15, 0.2) is 12.4 Å². The van der Waals surface area contributed by atoms with Crippen LogP contribution in [0.25, 0.3) is 6.08 Å². The van der Waals surface area contributed by atoms with Gasteiger partial charge in [0, 0.05) is 11.6 Å². The standard InChI is InChI=1S/C17H11NO4/c18-7-8-21-14-4-2-1-3-11(14)9-16-17(20)13-6-5-12(19)10-15(13)22-16/h1-6,9-10,19H,8H2. The first kappa shape index (κ1) is 13.7. The molecular weight excluding hydrogens is 282 g/mol. The van der Waals surface area contributed by atoms with Gasteiger partial charge in [-0.25, -0.2) is 0 Å². The number of nitrogens with zero attached hydrogens (tertiary/aromatic N) is 1. The van der Waals surface area contributed by atoms with E-state index in [4.69, 9.17) is 14.7 Å². The molecule has 2 aromatic rings. The number of phenolic OH excluding ortho intramolecular Hbond substituents is 1. The van der Waals surface area contributed by atoms with E-state index in [-0.39, 0.29) is 23.9 Å². The van der Waals surface area contributed by atoms with Crippen LogP contribution in [0.4, 0.5) is 0 Å². The van der Waals surface area contributed by atoms with E-state index in [0.717, 1.165) is 0 Å². The van der Waals surface area contributed by atoms with E-state index in [9.17, 15) is 9.90 Å². The number of hydrogen-bond donors (Lipinski definition) is 1. The number of ketones is 1. The number of nitriles is 1. The average molecular weight is 293 g/mol. The molecule has 3 rings (SSSR count). The summed E-state index contributed by atoms with van der Waals surface area (Å²) in [6.07, 6.45) is 1.56.